The van der Waals surface area contributed by atoms with Crippen LogP contribution in [0, 0.1) is 12.5 Å². The summed E-state index contributed by atoms with van der Waals surface area (Å²) < 4.78 is 0. The number of fused-ring (bicyclic) bond motifs is 1. The summed E-state index contributed by atoms with van der Waals surface area (Å²) in [5.74, 6) is 0.551. The fourth-order valence-corrected chi connectivity index (χ4v) is 9.09. The molecule has 0 fully saturated rings. The van der Waals surface area contributed by atoms with Gasteiger partial charge in [0, 0.05) is 0 Å². The normalized spacial score (nSPS) is 16.2. The Morgan fingerprint density at radius 3 is 2.03 bits per heavy atom. The quantitative estimate of drug-likeness (QED) is 0.350. The Balaban J connectivity index is 0. The molecule has 0 amide bonds. The molecule has 1 aliphatic carbocycles. The Labute approximate surface area is 252 Å². The number of allylic oxidation sites excluding steroid dienone is 1. The van der Waals surface area contributed by atoms with Gasteiger partial charge >= 0.3 is 26.2 Å². The van der Waals surface area contributed by atoms with Gasteiger partial charge in [-0.3, -0.25) is 6.08 Å². The number of hydrogen-bond acceptors (Lipinski definition) is 1. The molecule has 2 aromatic rings. The van der Waals surface area contributed by atoms with Crippen LogP contribution in [-0.4, -0.2) is 13.5 Å². The van der Waals surface area contributed by atoms with E-state index in [4.69, 9.17) is 6.58 Å². The van der Waals surface area contributed by atoms with E-state index in [1.807, 2.05) is 0 Å². The van der Waals surface area contributed by atoms with E-state index in [9.17, 15) is 0 Å². The first kappa shape index (κ1) is 37.1. The molecule has 2 aromatic carbocycles. The monoisotopic (exact) mass is 622 g/mol. The largest absolute Gasteiger partial charge is 4.00 e. The third kappa shape index (κ3) is 8.47. The molecule has 0 spiro atoms. The Morgan fingerprint density at radius 1 is 1.06 bits per heavy atom. The van der Waals surface area contributed by atoms with Crippen LogP contribution >= 0.6 is 11.2 Å². The Morgan fingerprint density at radius 2 is 1.63 bits per heavy atom. The van der Waals surface area contributed by atoms with Crippen LogP contribution in [0.15, 0.2) is 48.5 Å². The average molecular weight is 625 g/mol. The molecule has 0 N–H and O–H groups in total. The number of rotatable bonds is 6. The third-order valence-electron chi connectivity index (χ3n) is 6.75. The molecule has 1 aliphatic rings. The van der Waals surface area contributed by atoms with Crippen LogP contribution in [0.1, 0.15) is 59.9 Å². The van der Waals surface area contributed by atoms with Gasteiger partial charge in [-0.05, 0) is 33.8 Å². The molecule has 190 valence electrons. The minimum Gasteiger partial charge on any atom is -1.00 e. The minimum absolute atomic E-state index is 0. The summed E-state index contributed by atoms with van der Waals surface area (Å²) in [6, 6.07) is 15.9. The van der Waals surface area contributed by atoms with Crippen LogP contribution in [0.4, 0.5) is 0 Å². The summed E-state index contributed by atoms with van der Waals surface area (Å²) in [5, 5.41) is 2.75. The zero-order chi connectivity index (χ0) is 24.2. The zero-order valence-corrected chi connectivity index (χ0v) is 28.7. The number of unbranched alkanes of at least 4 members (excludes halogenated alkanes) is 1. The van der Waals surface area contributed by atoms with Gasteiger partial charge in [0.05, 0.1) is 0 Å². The molecule has 0 heterocycles. The van der Waals surface area contributed by atoms with E-state index < -0.39 is 7.22 Å². The second-order valence-corrected chi connectivity index (χ2v) is 19.2. The molecule has 0 nitrogen and oxygen atoms in total. The summed E-state index contributed by atoms with van der Waals surface area (Å²) in [7, 11) is -1.56. The van der Waals surface area contributed by atoms with E-state index in [0.29, 0.717) is 5.92 Å². The fraction of sp³-hybridized carbons (Fsp3) is 0.467. The molecule has 1 atom stereocenters. The predicted molar refractivity (Wildman–Crippen MR) is 150 cm³/mol. The molecule has 0 saturated carbocycles. The van der Waals surface area contributed by atoms with Crippen molar-refractivity contribution in [1.29, 1.82) is 0 Å². The SMILES string of the molecule is CS[Si](C)(C)C1(C(C)C)[C-]=c2cccc(-c3ccc(C(C)(C)C)cc3)c2=C1.[CH-]=CCCC.[Cl-].[Cl-].[Zr+4]. The molecule has 0 aromatic heterocycles. The van der Waals surface area contributed by atoms with Crippen LogP contribution in [0.2, 0.25) is 18.1 Å². The van der Waals surface area contributed by atoms with Crippen LogP contribution in [-0.2, 0) is 31.6 Å². The molecular weight excluding hydrogens is 583 g/mol. The molecule has 0 bridgehead atoms. The smallest absolute Gasteiger partial charge is 1.00 e. The van der Waals surface area contributed by atoms with E-state index in [1.54, 1.807) is 6.08 Å². The Bertz CT molecular complexity index is 1040. The Kier molecular flexibility index (Phi) is 16.3. The van der Waals surface area contributed by atoms with Gasteiger partial charge in [0.15, 0.2) is 0 Å². The van der Waals surface area contributed by atoms with Gasteiger partial charge in [0.25, 0.3) is 0 Å². The van der Waals surface area contributed by atoms with E-state index in [-0.39, 0.29) is 61.5 Å². The van der Waals surface area contributed by atoms with Crippen molar-refractivity contribution in [2.45, 2.75) is 77.9 Å². The molecule has 3 rings (SSSR count). The topological polar surface area (TPSA) is 0 Å². The Hall–Kier alpha value is -0.0500. The molecule has 5 heteroatoms. The van der Waals surface area contributed by atoms with E-state index in [0.717, 1.165) is 12.8 Å². The van der Waals surface area contributed by atoms with Crippen molar-refractivity contribution in [1.82, 2.24) is 0 Å². The predicted octanol–water partition coefficient (Wildman–Crippen LogP) is 1.85. The van der Waals surface area contributed by atoms with Gasteiger partial charge in [0.2, 0.25) is 0 Å². The maximum Gasteiger partial charge on any atom is 4.00 e. The van der Waals surface area contributed by atoms with E-state index >= 15 is 0 Å². The van der Waals surface area contributed by atoms with Gasteiger partial charge in [-0.25, -0.2) is 0 Å². The van der Waals surface area contributed by atoms with Crippen LogP contribution in [0.3, 0.4) is 0 Å². The first-order valence-corrected chi connectivity index (χ1v) is 16.8. The molecule has 0 radical (unpaired) electrons. The van der Waals surface area contributed by atoms with Crippen LogP contribution < -0.4 is 35.3 Å². The van der Waals surface area contributed by atoms with Crippen molar-refractivity contribution in [3.63, 3.8) is 0 Å². The zero-order valence-electron chi connectivity index (χ0n) is 22.9. The number of halogens is 2. The van der Waals surface area contributed by atoms with Crippen molar-refractivity contribution in [3.05, 3.63) is 71.1 Å². The summed E-state index contributed by atoms with van der Waals surface area (Å²) in [6.07, 6.45) is 12.7. The van der Waals surface area contributed by atoms with E-state index in [2.05, 4.69) is 127 Å². The minimum atomic E-state index is -1.56. The molecule has 1 unspecified atom stereocenters. The van der Waals surface area contributed by atoms with Gasteiger partial charge in [0.1, 0.15) is 7.22 Å². The summed E-state index contributed by atoms with van der Waals surface area (Å²) >= 11 is 2.07. The standard InChI is InChI=1S/C25H33SSi.C5H9.2ClH.Zr/c1-18(2)25(27(7,8)26-6)16-20-10-9-11-22(23(20)17-25)19-12-14-21(15-13-19)24(3,4)5;1-3-5-4-2;;;/h9-15,17-18H,1-8H3;1,3H,4-5H2,2H3;2*1H;/q2*-1;;;+4/p-2. The van der Waals surface area contributed by atoms with Crippen LogP contribution in [0.25, 0.3) is 23.3 Å². The van der Waals surface area contributed by atoms with Crippen molar-refractivity contribution >= 4 is 30.6 Å². The van der Waals surface area contributed by atoms with Crippen molar-refractivity contribution < 1.29 is 51.0 Å². The fourth-order valence-electron chi connectivity index (χ4n) is 4.38. The summed E-state index contributed by atoms with van der Waals surface area (Å²) in [5.41, 5.74) is 4.22. The summed E-state index contributed by atoms with van der Waals surface area (Å²) in [4.78, 5) is 0. The second-order valence-electron chi connectivity index (χ2n) is 10.6. The first-order chi connectivity index (χ1) is 14.9. The number of hydrogen-bond donors (Lipinski definition) is 0. The second kappa shape index (κ2) is 15.4. The molecule has 0 aliphatic heterocycles. The average Bonchev–Trinajstić information content (AvgIpc) is 3.16. The van der Waals surface area contributed by atoms with Crippen molar-refractivity contribution in [2.24, 2.45) is 5.92 Å². The maximum atomic E-state index is 5.01. The van der Waals surface area contributed by atoms with Gasteiger partial charge in [-0.15, -0.1) is 17.4 Å². The van der Waals surface area contributed by atoms with Crippen molar-refractivity contribution in [3.8, 4) is 11.1 Å². The van der Waals surface area contributed by atoms with Gasteiger partial charge in [-0.2, -0.15) is 28.6 Å². The van der Waals surface area contributed by atoms with E-state index in [1.165, 1.54) is 27.1 Å². The van der Waals surface area contributed by atoms with Gasteiger partial charge < -0.3 is 31.4 Å². The maximum absolute atomic E-state index is 5.01. The van der Waals surface area contributed by atoms with Crippen molar-refractivity contribution in [2.75, 3.05) is 6.26 Å². The van der Waals surface area contributed by atoms with Crippen LogP contribution in [0.5, 0.6) is 0 Å². The summed E-state index contributed by atoms with van der Waals surface area (Å²) in [6.45, 7) is 23.6. The first-order valence-electron chi connectivity index (χ1n) is 11.9. The molecular formula is C30H42Cl2SSiZr. The molecule has 35 heavy (non-hydrogen) atoms. The number of benzene rings is 2. The van der Waals surface area contributed by atoms with Gasteiger partial charge in [-0.1, -0.05) is 103 Å². The molecule has 0 saturated heterocycles. The third-order valence-corrected chi connectivity index (χ3v) is 14.7.